The highest BCUT2D eigenvalue weighted by Crippen LogP contribution is 2.33. The van der Waals surface area contributed by atoms with E-state index in [1.165, 1.54) is 0 Å². The summed E-state index contributed by atoms with van der Waals surface area (Å²) >= 11 is 0. The number of hydrogen-bond acceptors (Lipinski definition) is 4. The van der Waals surface area contributed by atoms with Crippen LogP contribution in [0.2, 0.25) is 0 Å². The van der Waals surface area contributed by atoms with Crippen LogP contribution in [-0.4, -0.2) is 22.7 Å². The highest BCUT2D eigenvalue weighted by atomic mass is 16.5. The monoisotopic (exact) mass is 244 g/mol. The van der Waals surface area contributed by atoms with E-state index in [1.54, 1.807) is 0 Å². The number of hydrogen-bond donors (Lipinski definition) is 3. The summed E-state index contributed by atoms with van der Waals surface area (Å²) in [5, 5.41) is 9.60. The van der Waals surface area contributed by atoms with Crippen molar-refractivity contribution in [1.29, 1.82) is 0 Å². The molecule has 4 N–H and O–H groups in total. The average molecular weight is 244 g/mol. The number of benzene rings is 1. The van der Waals surface area contributed by atoms with E-state index in [1.807, 2.05) is 25.1 Å². The molecule has 0 spiro atoms. The number of ether oxygens (including phenoxy) is 1. The number of amides is 1. The molecule has 1 amide bonds. The van der Waals surface area contributed by atoms with Crippen molar-refractivity contribution in [3.63, 3.8) is 0 Å². The lowest BCUT2D eigenvalue weighted by Crippen LogP contribution is -2.25. The largest absolute Gasteiger partial charge is 0.482 e. The summed E-state index contributed by atoms with van der Waals surface area (Å²) < 4.78 is 5.30. The number of nitrogens with one attached hydrogen (secondary N) is 2. The molecule has 0 atom stereocenters. The number of rotatable bonds is 1. The minimum absolute atomic E-state index is 0.0579. The smallest absolute Gasteiger partial charge is 0.262 e. The molecule has 0 unspecified atom stereocenters. The van der Waals surface area contributed by atoms with Crippen LogP contribution in [0.3, 0.4) is 0 Å². The average Bonchev–Trinajstić information content (AvgIpc) is 2.69. The summed E-state index contributed by atoms with van der Waals surface area (Å²) in [7, 11) is 0. The van der Waals surface area contributed by atoms with Gasteiger partial charge in [0.05, 0.1) is 11.4 Å². The zero-order valence-corrected chi connectivity index (χ0v) is 9.78. The normalized spacial score (nSPS) is 13.7. The second-order valence-corrected chi connectivity index (χ2v) is 4.16. The van der Waals surface area contributed by atoms with Crippen LogP contribution in [0.25, 0.3) is 11.3 Å². The number of anilines is 2. The van der Waals surface area contributed by atoms with E-state index in [2.05, 4.69) is 15.5 Å². The fourth-order valence-corrected chi connectivity index (χ4v) is 1.93. The molecule has 0 bridgehead atoms. The Bertz CT molecular complexity index is 633. The number of carbonyl (C=O) groups is 1. The van der Waals surface area contributed by atoms with Gasteiger partial charge < -0.3 is 15.8 Å². The van der Waals surface area contributed by atoms with E-state index < -0.39 is 0 Å². The standard InChI is InChI=1S/C12H12N4O2/c1-6-11(15-16-12(6)13)7-2-3-9-8(4-7)14-10(17)5-18-9/h2-4H,5H2,1H3,(H,14,17)(H3,13,15,16). The molecule has 1 aromatic carbocycles. The maximum Gasteiger partial charge on any atom is 0.262 e. The molecule has 1 aliphatic rings. The molecule has 0 fully saturated rings. The first-order valence-corrected chi connectivity index (χ1v) is 5.52. The minimum Gasteiger partial charge on any atom is -0.482 e. The molecule has 18 heavy (non-hydrogen) atoms. The number of nitrogen functional groups attached to an aromatic ring is 1. The molecule has 2 heterocycles. The minimum atomic E-state index is -0.152. The van der Waals surface area contributed by atoms with E-state index in [0.717, 1.165) is 16.8 Å². The predicted octanol–water partition coefficient (Wildman–Crippen LogP) is 1.30. The lowest BCUT2D eigenvalue weighted by atomic mass is 10.1. The van der Waals surface area contributed by atoms with Crippen molar-refractivity contribution < 1.29 is 9.53 Å². The quantitative estimate of drug-likeness (QED) is 0.704. The van der Waals surface area contributed by atoms with Crippen molar-refractivity contribution in [3.05, 3.63) is 23.8 Å². The van der Waals surface area contributed by atoms with Gasteiger partial charge >= 0.3 is 0 Å². The van der Waals surface area contributed by atoms with Crippen molar-refractivity contribution in [2.45, 2.75) is 6.92 Å². The number of carbonyl (C=O) groups excluding carboxylic acids is 1. The fourth-order valence-electron chi connectivity index (χ4n) is 1.93. The van der Waals surface area contributed by atoms with Gasteiger partial charge in [-0.2, -0.15) is 5.10 Å². The Labute approximate surface area is 103 Å². The summed E-state index contributed by atoms with van der Waals surface area (Å²) in [6.07, 6.45) is 0. The van der Waals surface area contributed by atoms with Gasteiger partial charge in [-0.3, -0.25) is 9.89 Å². The van der Waals surface area contributed by atoms with Crippen LogP contribution < -0.4 is 15.8 Å². The second kappa shape index (κ2) is 3.76. The molecule has 6 heteroatoms. The van der Waals surface area contributed by atoms with E-state index in [0.29, 0.717) is 17.3 Å². The third kappa shape index (κ3) is 1.58. The van der Waals surface area contributed by atoms with Crippen molar-refractivity contribution in [1.82, 2.24) is 10.2 Å². The first-order valence-electron chi connectivity index (χ1n) is 5.52. The van der Waals surface area contributed by atoms with Gasteiger partial charge in [-0.05, 0) is 25.1 Å². The first-order chi connectivity index (χ1) is 8.65. The molecule has 1 aliphatic heterocycles. The molecule has 92 valence electrons. The molecule has 0 aliphatic carbocycles. The van der Waals surface area contributed by atoms with Crippen molar-refractivity contribution >= 4 is 17.4 Å². The van der Waals surface area contributed by atoms with E-state index in [9.17, 15) is 4.79 Å². The van der Waals surface area contributed by atoms with Gasteiger partial charge in [0, 0.05) is 11.1 Å². The summed E-state index contributed by atoms with van der Waals surface area (Å²) in [5.74, 6) is 0.993. The van der Waals surface area contributed by atoms with Gasteiger partial charge in [0.1, 0.15) is 11.6 Å². The Kier molecular flexibility index (Phi) is 2.22. The highest BCUT2D eigenvalue weighted by Gasteiger charge is 2.17. The Morgan fingerprint density at radius 2 is 2.28 bits per heavy atom. The Morgan fingerprint density at radius 3 is 3.00 bits per heavy atom. The first kappa shape index (κ1) is 10.6. The number of aromatic nitrogens is 2. The molecular formula is C12H12N4O2. The van der Waals surface area contributed by atoms with Gasteiger partial charge in [-0.1, -0.05) is 0 Å². The zero-order valence-electron chi connectivity index (χ0n) is 9.78. The third-order valence-electron chi connectivity index (χ3n) is 2.95. The van der Waals surface area contributed by atoms with Gasteiger partial charge in [0.15, 0.2) is 6.61 Å². The summed E-state index contributed by atoms with van der Waals surface area (Å²) in [5.41, 5.74) is 9.00. The summed E-state index contributed by atoms with van der Waals surface area (Å²) in [4.78, 5) is 11.3. The summed E-state index contributed by atoms with van der Waals surface area (Å²) in [6.45, 7) is 1.95. The molecule has 0 radical (unpaired) electrons. The Morgan fingerprint density at radius 1 is 1.44 bits per heavy atom. The number of fused-ring (bicyclic) bond motifs is 1. The predicted molar refractivity (Wildman–Crippen MR) is 67.3 cm³/mol. The van der Waals surface area contributed by atoms with E-state index >= 15 is 0 Å². The van der Waals surface area contributed by atoms with Crippen LogP contribution in [0, 0.1) is 6.92 Å². The van der Waals surface area contributed by atoms with Gasteiger partial charge in [-0.25, -0.2) is 0 Å². The lowest BCUT2D eigenvalue weighted by Gasteiger charge is -2.18. The fraction of sp³-hybridized carbons (Fsp3) is 0.167. The Balaban J connectivity index is 2.07. The maximum absolute atomic E-state index is 11.3. The topological polar surface area (TPSA) is 93.0 Å². The number of H-pyrrole nitrogens is 1. The number of nitrogens with two attached hydrogens (primary N) is 1. The molecule has 2 aromatic rings. The molecule has 0 saturated heterocycles. The van der Waals surface area contributed by atoms with Crippen LogP contribution in [0.1, 0.15) is 5.56 Å². The highest BCUT2D eigenvalue weighted by molar-refractivity contribution is 5.96. The van der Waals surface area contributed by atoms with E-state index in [-0.39, 0.29) is 12.5 Å². The lowest BCUT2D eigenvalue weighted by molar-refractivity contribution is -0.118. The van der Waals surface area contributed by atoms with Crippen LogP contribution in [0.5, 0.6) is 5.75 Å². The van der Waals surface area contributed by atoms with Crippen LogP contribution in [0.15, 0.2) is 18.2 Å². The molecule has 6 nitrogen and oxygen atoms in total. The third-order valence-corrected chi connectivity index (χ3v) is 2.95. The van der Waals surface area contributed by atoms with Crippen LogP contribution in [0.4, 0.5) is 11.5 Å². The molecular weight excluding hydrogens is 232 g/mol. The molecule has 0 saturated carbocycles. The van der Waals surface area contributed by atoms with Crippen LogP contribution in [-0.2, 0) is 4.79 Å². The number of aromatic amines is 1. The van der Waals surface area contributed by atoms with Gasteiger partial charge in [-0.15, -0.1) is 0 Å². The molecule has 3 rings (SSSR count). The van der Waals surface area contributed by atoms with Crippen LogP contribution >= 0.6 is 0 Å². The number of nitrogens with zero attached hydrogens (tertiary/aromatic N) is 1. The second-order valence-electron chi connectivity index (χ2n) is 4.16. The summed E-state index contributed by atoms with van der Waals surface area (Å²) in [6, 6.07) is 5.56. The SMILES string of the molecule is Cc1c(N)n[nH]c1-c1ccc2c(c1)NC(=O)CO2. The van der Waals surface area contributed by atoms with Gasteiger partial charge in [0.2, 0.25) is 0 Å². The Hall–Kier alpha value is -2.50. The maximum atomic E-state index is 11.3. The molecule has 1 aromatic heterocycles. The van der Waals surface area contributed by atoms with E-state index in [4.69, 9.17) is 10.5 Å². The van der Waals surface area contributed by atoms with Crippen molar-refractivity contribution in [2.75, 3.05) is 17.7 Å². The van der Waals surface area contributed by atoms with Gasteiger partial charge in [0.25, 0.3) is 5.91 Å². The van der Waals surface area contributed by atoms with Crippen molar-refractivity contribution in [2.24, 2.45) is 0 Å². The van der Waals surface area contributed by atoms with Crippen molar-refractivity contribution in [3.8, 4) is 17.0 Å². The zero-order chi connectivity index (χ0) is 12.7.